The Kier molecular flexibility index (Phi) is 18.1. The van der Waals surface area contributed by atoms with Crippen molar-refractivity contribution >= 4 is 123 Å². The van der Waals surface area contributed by atoms with Gasteiger partial charge < -0.3 is 0 Å². The predicted octanol–water partition coefficient (Wildman–Crippen LogP) is 24.5. The molecule has 0 aliphatic carbocycles. The molecule has 11 aromatic rings. The standard InChI is InChI=1S/C86H100N2P6/c1-81(2,3)89(17)71-38-27-28-39-72(71)90(18)85(13,14)51-55-40-49-69-70(50-55)88-79(91(19)82(4,5)6)80(87-69)92(20)86(15,16)52-59-33-29-37-66-62(59)46-45-61-54-94(84(10,11)12)78(68-48-44-58-32-23-26-36-65(58)76(68)74(61)66)77-67-47-43-57-31-22-25-35-64(57)75(67)73-60(53-93(77)83(7,8)9)42-41-56-30-21-24-34-63(56)73/h21-50,77-78H,51-54H2,1-20H3. The molecule has 3 heterocycles. The van der Waals surface area contributed by atoms with Crippen LogP contribution in [0.5, 0.6) is 0 Å². The van der Waals surface area contributed by atoms with Crippen LogP contribution in [0, 0.1) is 0 Å². The minimum atomic E-state index is -0.790. The van der Waals surface area contributed by atoms with Crippen molar-refractivity contribution in [2.45, 2.75) is 178 Å². The quantitative estimate of drug-likeness (QED) is 0.121. The maximum atomic E-state index is 5.82. The number of hydrogen-bond donors (Lipinski definition) is 0. The van der Waals surface area contributed by atoms with Crippen molar-refractivity contribution in [3.8, 4) is 22.3 Å². The van der Waals surface area contributed by atoms with E-state index in [0.29, 0.717) is 11.3 Å². The van der Waals surface area contributed by atoms with Crippen molar-refractivity contribution in [1.82, 2.24) is 9.97 Å². The molecule has 0 saturated heterocycles. The van der Waals surface area contributed by atoms with E-state index in [1.54, 1.807) is 21.7 Å². The van der Waals surface area contributed by atoms with Crippen molar-refractivity contribution in [3.05, 3.63) is 215 Å². The normalized spacial score (nSPS) is 18.7. The van der Waals surface area contributed by atoms with Crippen LogP contribution in [0.15, 0.2) is 182 Å². The van der Waals surface area contributed by atoms with Gasteiger partial charge >= 0.3 is 0 Å². The van der Waals surface area contributed by atoms with Crippen molar-refractivity contribution in [2.75, 3.05) is 26.7 Å². The van der Waals surface area contributed by atoms with Gasteiger partial charge in [0.15, 0.2) is 0 Å². The number of benzene rings is 10. The SMILES string of the molecule is CP(c1ccccc1P(C)C(C)(C)Cc1ccc2nc(P(C)C(C)(C)Cc3cccc4c5c(ccc34)CP(C(C)(C)C)C(C3c4ccc6ccccc6c4-c4c(ccc6ccccc46)CP3C(C)(C)C)c3ccc4ccccc4c3-5)c(P(C)C(C)(C)C)nc2c1)C(C)(C)C. The predicted molar refractivity (Wildman–Crippen MR) is 431 cm³/mol. The van der Waals surface area contributed by atoms with Gasteiger partial charge in [-0.25, -0.2) is 9.97 Å². The van der Waals surface area contributed by atoms with Gasteiger partial charge in [-0.1, -0.05) is 320 Å². The van der Waals surface area contributed by atoms with Gasteiger partial charge in [0.25, 0.3) is 0 Å². The van der Waals surface area contributed by atoms with Crippen LogP contribution in [0.2, 0.25) is 0 Å². The van der Waals surface area contributed by atoms with Crippen LogP contribution in [0.25, 0.3) is 76.4 Å². The summed E-state index contributed by atoms with van der Waals surface area (Å²) < 4.78 is 0. The van der Waals surface area contributed by atoms with Gasteiger partial charge in [0, 0.05) is 11.3 Å². The van der Waals surface area contributed by atoms with E-state index in [9.17, 15) is 0 Å². The van der Waals surface area contributed by atoms with E-state index in [2.05, 4.69) is 319 Å². The second-order valence-corrected chi connectivity index (χ2v) is 50.4. The van der Waals surface area contributed by atoms with E-state index in [-0.39, 0.29) is 38.9 Å². The van der Waals surface area contributed by atoms with Crippen LogP contribution in [0.3, 0.4) is 0 Å². The first-order chi connectivity index (χ1) is 44.3. The Hall–Kier alpha value is -4.84. The van der Waals surface area contributed by atoms with E-state index in [1.807, 2.05) is 0 Å². The van der Waals surface area contributed by atoms with E-state index in [4.69, 9.17) is 9.97 Å². The zero-order chi connectivity index (χ0) is 66.9. The van der Waals surface area contributed by atoms with Crippen molar-refractivity contribution in [3.63, 3.8) is 0 Å². The van der Waals surface area contributed by atoms with Crippen molar-refractivity contribution < 1.29 is 0 Å². The van der Waals surface area contributed by atoms with Gasteiger partial charge in [-0.2, -0.15) is 0 Å². The first-order valence-electron chi connectivity index (χ1n) is 34.3. The van der Waals surface area contributed by atoms with E-state index >= 15 is 0 Å². The van der Waals surface area contributed by atoms with Crippen LogP contribution in [0.1, 0.15) is 155 Å². The molecule has 0 N–H and O–H groups in total. The highest BCUT2D eigenvalue weighted by Crippen LogP contribution is 2.79. The average Bonchev–Trinajstić information content (AvgIpc) is 1.50. The minimum Gasteiger partial charge on any atom is -0.244 e. The lowest BCUT2D eigenvalue weighted by Crippen LogP contribution is -2.38. The van der Waals surface area contributed by atoms with Crippen LogP contribution < -0.4 is 21.5 Å². The average molecular weight is 1350 g/mol. The smallest absolute Gasteiger partial charge is 0.0900 e. The Balaban J connectivity index is 0.928. The molecule has 13 rings (SSSR count). The molecule has 0 bridgehead atoms. The lowest BCUT2D eigenvalue weighted by molar-refractivity contribution is 0.697. The molecule has 0 spiro atoms. The first kappa shape index (κ1) is 67.7. The highest BCUT2D eigenvalue weighted by Gasteiger charge is 2.49. The zero-order valence-electron chi connectivity index (χ0n) is 59.9. The fourth-order valence-electron chi connectivity index (χ4n) is 15.5. The maximum Gasteiger partial charge on any atom is 0.0900 e. The highest BCUT2D eigenvalue weighted by molar-refractivity contribution is 7.73. The lowest BCUT2D eigenvalue weighted by atomic mass is 9.83. The summed E-state index contributed by atoms with van der Waals surface area (Å²) in [7, 11) is -3.54. The van der Waals surface area contributed by atoms with Gasteiger partial charge in [0.1, 0.15) is 0 Å². The summed E-state index contributed by atoms with van der Waals surface area (Å²) in [5.41, 5.74) is 19.9. The number of fused-ring (bicyclic) bond motifs is 15. The number of rotatable bonds is 11. The Morgan fingerprint density at radius 1 is 0.362 bits per heavy atom. The maximum absolute atomic E-state index is 5.82. The second kappa shape index (κ2) is 25.2. The Labute approximate surface area is 571 Å². The Bertz CT molecular complexity index is 4740. The summed E-state index contributed by atoms with van der Waals surface area (Å²) in [6.45, 7) is 50.0. The summed E-state index contributed by atoms with van der Waals surface area (Å²) in [6, 6.07) is 72.0. The number of nitrogens with zero attached hydrogens (tertiary/aromatic N) is 2. The lowest BCUT2D eigenvalue weighted by Gasteiger charge is -2.48. The van der Waals surface area contributed by atoms with Crippen LogP contribution in [-0.4, -0.2) is 67.6 Å². The molecular weight excluding hydrogens is 1250 g/mol. The zero-order valence-corrected chi connectivity index (χ0v) is 65.2. The minimum absolute atomic E-state index is 0.0406. The molecule has 2 aliphatic rings. The first-order valence-corrected chi connectivity index (χ1v) is 44.6. The molecule has 0 amide bonds. The fraction of sp³-hybridized carbons (Fsp3) is 0.372. The summed E-state index contributed by atoms with van der Waals surface area (Å²) in [5.74, 6) is 0. The van der Waals surface area contributed by atoms with Gasteiger partial charge in [0.05, 0.1) is 21.9 Å². The molecule has 10 aromatic carbocycles. The van der Waals surface area contributed by atoms with Gasteiger partial charge in [-0.15, -0.1) is 0 Å². The van der Waals surface area contributed by atoms with E-state index < -0.39 is 39.6 Å². The third kappa shape index (κ3) is 12.4. The van der Waals surface area contributed by atoms with Crippen molar-refractivity contribution in [1.29, 1.82) is 0 Å². The monoisotopic (exact) mass is 1350 g/mol. The number of aromatic nitrogens is 2. The molecule has 94 heavy (non-hydrogen) atoms. The summed E-state index contributed by atoms with van der Waals surface area (Å²) in [4.78, 5) is 11.6. The molecule has 2 aliphatic heterocycles. The van der Waals surface area contributed by atoms with Crippen LogP contribution >= 0.6 is 47.5 Å². The fourth-order valence-corrected chi connectivity index (χ4v) is 30.7. The summed E-state index contributed by atoms with van der Waals surface area (Å²) >= 11 is 0. The molecule has 8 heteroatoms. The van der Waals surface area contributed by atoms with Crippen LogP contribution in [0.4, 0.5) is 0 Å². The molecule has 0 saturated carbocycles. The topological polar surface area (TPSA) is 25.8 Å². The summed E-state index contributed by atoms with van der Waals surface area (Å²) in [6.07, 6.45) is 4.09. The molecule has 0 fully saturated rings. The van der Waals surface area contributed by atoms with Crippen LogP contribution in [-0.2, 0) is 25.2 Å². The molecule has 8 atom stereocenters. The molecule has 0 radical (unpaired) electrons. The Morgan fingerprint density at radius 3 is 1.31 bits per heavy atom. The molecule has 1 aromatic heterocycles. The molecule has 2 nitrogen and oxygen atoms in total. The van der Waals surface area contributed by atoms with E-state index in [1.165, 1.54) is 98.5 Å². The third-order valence-electron chi connectivity index (χ3n) is 21.7. The highest BCUT2D eigenvalue weighted by atomic mass is 31.1. The second-order valence-electron chi connectivity index (χ2n) is 32.7. The third-order valence-corrected chi connectivity index (χ3v) is 41.7. The molecular formula is C86H100N2P6. The largest absolute Gasteiger partial charge is 0.244 e. The Morgan fingerprint density at radius 2 is 0.787 bits per heavy atom. The van der Waals surface area contributed by atoms with Gasteiger partial charge in [-0.3, -0.25) is 0 Å². The molecule has 8 unspecified atom stereocenters. The van der Waals surface area contributed by atoms with Crippen molar-refractivity contribution in [2.24, 2.45) is 0 Å². The van der Waals surface area contributed by atoms with Gasteiger partial charge in [-0.05, 0) is 212 Å². The number of hydrogen-bond acceptors (Lipinski definition) is 2. The van der Waals surface area contributed by atoms with E-state index in [0.717, 1.165) is 36.2 Å². The van der Waals surface area contributed by atoms with Gasteiger partial charge in [0.2, 0.25) is 0 Å². The molecule has 484 valence electrons. The summed E-state index contributed by atoms with van der Waals surface area (Å²) in [5, 5.41) is 14.4.